The van der Waals surface area contributed by atoms with Gasteiger partial charge in [0.1, 0.15) is 11.8 Å². The van der Waals surface area contributed by atoms with Gasteiger partial charge in [-0.2, -0.15) is 0 Å². The Labute approximate surface area is 182 Å². The third-order valence-electron chi connectivity index (χ3n) is 4.98. The zero-order valence-electron chi connectivity index (χ0n) is 20.3. The zero-order chi connectivity index (χ0) is 23.6. The summed E-state index contributed by atoms with van der Waals surface area (Å²) in [6.07, 6.45) is 0.444. The molecule has 0 aromatic rings. The first-order valence-electron chi connectivity index (χ1n) is 10.7. The molecule has 2 atom stereocenters. The molecule has 0 aliphatic heterocycles. The number of nitrogens with one attached hydrogen (secondary N) is 2. The summed E-state index contributed by atoms with van der Waals surface area (Å²) < 4.78 is 0. The lowest BCUT2D eigenvalue weighted by Gasteiger charge is -2.30. The Morgan fingerprint density at radius 1 is 0.900 bits per heavy atom. The van der Waals surface area contributed by atoms with Gasteiger partial charge in [-0.3, -0.25) is 19.2 Å². The van der Waals surface area contributed by atoms with Gasteiger partial charge in [0.2, 0.25) is 17.7 Å². The van der Waals surface area contributed by atoms with Crippen molar-refractivity contribution in [2.24, 2.45) is 17.3 Å². The molecule has 0 saturated heterocycles. The second-order valence-electron chi connectivity index (χ2n) is 9.58. The van der Waals surface area contributed by atoms with Gasteiger partial charge in [0, 0.05) is 50.4 Å². The maximum atomic E-state index is 12.9. The van der Waals surface area contributed by atoms with Crippen LogP contribution in [0.15, 0.2) is 0 Å². The van der Waals surface area contributed by atoms with Crippen molar-refractivity contribution in [3.05, 3.63) is 0 Å². The SMILES string of the molecule is CC(C)C(=O)C[C@@H](C(=O)NCCN(C)C)N(C)C(=O)C(C)CCNC(=O)C(C)(C)C. The highest BCUT2D eigenvalue weighted by Gasteiger charge is 2.32. The fraction of sp³-hybridized carbons (Fsp3) is 0.818. The van der Waals surface area contributed by atoms with Crippen molar-refractivity contribution in [3.8, 4) is 0 Å². The largest absolute Gasteiger partial charge is 0.356 e. The summed E-state index contributed by atoms with van der Waals surface area (Å²) in [7, 11) is 5.37. The Morgan fingerprint density at radius 2 is 1.47 bits per heavy atom. The molecule has 0 radical (unpaired) electrons. The zero-order valence-corrected chi connectivity index (χ0v) is 20.3. The number of Topliss-reactive ketones (excluding diaryl/α,β-unsaturated/α-hetero) is 1. The lowest BCUT2D eigenvalue weighted by molar-refractivity contribution is -0.143. The van der Waals surface area contributed by atoms with Crippen molar-refractivity contribution in [2.75, 3.05) is 40.8 Å². The third-order valence-corrected chi connectivity index (χ3v) is 4.98. The van der Waals surface area contributed by atoms with E-state index >= 15 is 0 Å². The summed E-state index contributed by atoms with van der Waals surface area (Å²) in [5, 5.41) is 5.66. The van der Waals surface area contributed by atoms with E-state index in [9.17, 15) is 19.2 Å². The molecule has 0 fully saturated rings. The van der Waals surface area contributed by atoms with E-state index in [1.165, 1.54) is 4.90 Å². The predicted octanol–water partition coefficient (Wildman–Crippen LogP) is 1.29. The number of hydrogen-bond donors (Lipinski definition) is 2. The number of ketones is 1. The van der Waals surface area contributed by atoms with Crippen LogP contribution in [-0.4, -0.2) is 80.1 Å². The number of hydrogen-bond acceptors (Lipinski definition) is 5. The molecular formula is C22H42N4O4. The van der Waals surface area contributed by atoms with Gasteiger partial charge in [-0.1, -0.05) is 41.5 Å². The Kier molecular flexibility index (Phi) is 11.8. The van der Waals surface area contributed by atoms with E-state index in [4.69, 9.17) is 0 Å². The smallest absolute Gasteiger partial charge is 0.243 e. The molecule has 0 aromatic heterocycles. The lowest BCUT2D eigenvalue weighted by atomic mass is 9.95. The molecule has 174 valence electrons. The molecule has 0 aliphatic rings. The maximum Gasteiger partial charge on any atom is 0.243 e. The Balaban J connectivity index is 5.05. The van der Waals surface area contributed by atoms with Crippen LogP contribution in [0, 0.1) is 17.3 Å². The quantitative estimate of drug-likeness (QED) is 0.490. The molecule has 8 heteroatoms. The Bertz CT molecular complexity index is 596. The van der Waals surface area contributed by atoms with E-state index in [1.807, 2.05) is 39.8 Å². The fourth-order valence-corrected chi connectivity index (χ4v) is 2.64. The van der Waals surface area contributed by atoms with E-state index in [-0.39, 0.29) is 41.8 Å². The fourth-order valence-electron chi connectivity index (χ4n) is 2.64. The number of likely N-dealkylation sites (N-methyl/N-ethyl adjacent to an activating group) is 2. The van der Waals surface area contributed by atoms with Crippen LogP contribution in [0.2, 0.25) is 0 Å². The number of nitrogens with zero attached hydrogens (tertiary/aromatic N) is 2. The molecule has 8 nitrogen and oxygen atoms in total. The topological polar surface area (TPSA) is 98.8 Å². The van der Waals surface area contributed by atoms with Crippen LogP contribution in [0.5, 0.6) is 0 Å². The first kappa shape index (κ1) is 28.0. The van der Waals surface area contributed by atoms with Crippen molar-refractivity contribution >= 4 is 23.5 Å². The van der Waals surface area contributed by atoms with Crippen molar-refractivity contribution in [1.82, 2.24) is 20.4 Å². The van der Waals surface area contributed by atoms with E-state index in [0.29, 0.717) is 26.1 Å². The highest BCUT2D eigenvalue weighted by Crippen LogP contribution is 2.15. The van der Waals surface area contributed by atoms with E-state index in [0.717, 1.165) is 0 Å². The van der Waals surface area contributed by atoms with Crippen LogP contribution in [0.4, 0.5) is 0 Å². The van der Waals surface area contributed by atoms with Gasteiger partial charge in [-0.05, 0) is 20.5 Å². The summed E-state index contributed by atoms with van der Waals surface area (Å²) in [6.45, 7) is 12.3. The second kappa shape index (κ2) is 12.7. The predicted molar refractivity (Wildman–Crippen MR) is 119 cm³/mol. The minimum Gasteiger partial charge on any atom is -0.356 e. The van der Waals surface area contributed by atoms with Gasteiger partial charge in [0.15, 0.2) is 0 Å². The van der Waals surface area contributed by atoms with Crippen LogP contribution in [-0.2, 0) is 19.2 Å². The highest BCUT2D eigenvalue weighted by atomic mass is 16.2. The molecule has 2 N–H and O–H groups in total. The molecule has 0 bridgehead atoms. The average Bonchev–Trinajstić information content (AvgIpc) is 2.62. The van der Waals surface area contributed by atoms with Crippen LogP contribution in [0.1, 0.15) is 54.4 Å². The first-order chi connectivity index (χ1) is 13.7. The van der Waals surface area contributed by atoms with E-state index in [1.54, 1.807) is 27.8 Å². The van der Waals surface area contributed by atoms with Gasteiger partial charge < -0.3 is 20.4 Å². The van der Waals surface area contributed by atoms with Crippen LogP contribution in [0.3, 0.4) is 0 Å². The van der Waals surface area contributed by atoms with Crippen LogP contribution < -0.4 is 10.6 Å². The number of carbonyl (C=O) groups excluding carboxylic acids is 4. The molecule has 1 unspecified atom stereocenters. The molecule has 0 aromatic carbocycles. The van der Waals surface area contributed by atoms with Gasteiger partial charge in [0.25, 0.3) is 0 Å². The maximum absolute atomic E-state index is 12.9. The normalized spacial score (nSPS) is 13.7. The number of amides is 3. The van der Waals surface area contributed by atoms with Gasteiger partial charge in [-0.15, -0.1) is 0 Å². The summed E-state index contributed by atoms with van der Waals surface area (Å²) in [6, 6.07) is -0.846. The molecule has 0 saturated carbocycles. The molecule has 0 rings (SSSR count). The van der Waals surface area contributed by atoms with Crippen LogP contribution >= 0.6 is 0 Å². The Hall–Kier alpha value is -1.96. The highest BCUT2D eigenvalue weighted by molar-refractivity contribution is 5.93. The number of carbonyl (C=O) groups is 4. The molecular weight excluding hydrogens is 384 g/mol. The monoisotopic (exact) mass is 426 g/mol. The average molecular weight is 427 g/mol. The lowest BCUT2D eigenvalue weighted by Crippen LogP contribution is -2.51. The second-order valence-corrected chi connectivity index (χ2v) is 9.58. The molecule has 3 amide bonds. The van der Waals surface area contributed by atoms with Crippen molar-refractivity contribution in [3.63, 3.8) is 0 Å². The van der Waals surface area contributed by atoms with Crippen LogP contribution in [0.25, 0.3) is 0 Å². The van der Waals surface area contributed by atoms with Gasteiger partial charge >= 0.3 is 0 Å². The van der Waals surface area contributed by atoms with Crippen molar-refractivity contribution in [1.29, 1.82) is 0 Å². The van der Waals surface area contributed by atoms with Crippen molar-refractivity contribution < 1.29 is 19.2 Å². The minimum absolute atomic E-state index is 0.0127. The summed E-state index contributed by atoms with van der Waals surface area (Å²) in [4.78, 5) is 53.2. The molecule has 0 aliphatic carbocycles. The molecule has 0 spiro atoms. The third kappa shape index (κ3) is 10.2. The van der Waals surface area contributed by atoms with E-state index in [2.05, 4.69) is 10.6 Å². The summed E-state index contributed by atoms with van der Waals surface area (Å²) in [5.74, 6) is -1.28. The standard InChI is InChI=1S/C22H42N4O4/c1-15(2)18(27)14-17(19(28)23-12-13-25(7)8)26(9)20(29)16(3)10-11-24-21(30)22(4,5)6/h15-17H,10-14H2,1-9H3,(H,23,28)(H,24,30)/t16?,17-/m0/s1. The van der Waals surface area contributed by atoms with E-state index < -0.39 is 11.5 Å². The number of rotatable bonds is 12. The minimum atomic E-state index is -0.846. The molecule has 30 heavy (non-hydrogen) atoms. The van der Waals surface area contributed by atoms with Gasteiger partial charge in [0.05, 0.1) is 0 Å². The van der Waals surface area contributed by atoms with Gasteiger partial charge in [-0.25, -0.2) is 0 Å². The summed E-state index contributed by atoms with van der Waals surface area (Å²) >= 11 is 0. The first-order valence-corrected chi connectivity index (χ1v) is 10.7. The Morgan fingerprint density at radius 3 is 1.93 bits per heavy atom. The van der Waals surface area contributed by atoms with Crippen molar-refractivity contribution in [2.45, 2.75) is 60.4 Å². The molecule has 0 heterocycles. The summed E-state index contributed by atoms with van der Waals surface area (Å²) in [5.41, 5.74) is -0.489.